The molecule has 0 aliphatic carbocycles. The Labute approximate surface area is 218 Å². The maximum absolute atomic E-state index is 11.4. The molecule has 1 aliphatic heterocycles. The molecule has 0 radical (unpaired) electrons. The minimum atomic E-state index is -1.10. The summed E-state index contributed by atoms with van der Waals surface area (Å²) in [6, 6.07) is 17.8. The Bertz CT molecular complexity index is 1420. The van der Waals surface area contributed by atoms with Crippen LogP contribution in [-0.2, 0) is 0 Å². The molecule has 1 saturated heterocycles. The summed E-state index contributed by atoms with van der Waals surface area (Å²) in [5.74, 6) is 1.14. The standard InChI is InChI=1S/C26H24ClN7O3/c27-21-11-9-17(15-20(21)23(35)36)22-12-10-19(37-22)16-28-33-25-30-24(29-18-7-3-1-4-8-18)31-26(32-25)34-13-5-2-6-14-34/h1,3-4,7-12,15-16H,2,5-6,13-14H2,(H,35,36)(H2,29,30,31,32,33). The van der Waals surface area contributed by atoms with Crippen molar-refractivity contribution in [2.75, 3.05) is 28.7 Å². The van der Waals surface area contributed by atoms with E-state index in [9.17, 15) is 9.90 Å². The van der Waals surface area contributed by atoms with Crippen molar-refractivity contribution in [3.8, 4) is 11.3 Å². The maximum atomic E-state index is 11.4. The second-order valence-corrected chi connectivity index (χ2v) is 8.80. The zero-order chi connectivity index (χ0) is 25.6. The SMILES string of the molecule is O=C(O)c1cc(-c2ccc(C=NNc3nc(Nc4ccccc4)nc(N4CCCCC4)n3)o2)ccc1Cl. The van der Waals surface area contributed by atoms with E-state index in [1.807, 2.05) is 30.3 Å². The number of benzene rings is 2. The van der Waals surface area contributed by atoms with Crippen LogP contribution in [0.4, 0.5) is 23.5 Å². The van der Waals surface area contributed by atoms with Gasteiger partial charge < -0.3 is 19.7 Å². The van der Waals surface area contributed by atoms with E-state index in [0.29, 0.717) is 34.9 Å². The van der Waals surface area contributed by atoms with Crippen LogP contribution >= 0.6 is 11.6 Å². The van der Waals surface area contributed by atoms with Crippen molar-refractivity contribution in [3.63, 3.8) is 0 Å². The van der Waals surface area contributed by atoms with Gasteiger partial charge in [0.15, 0.2) is 0 Å². The molecule has 1 aliphatic rings. The molecule has 0 unspecified atom stereocenters. The van der Waals surface area contributed by atoms with Crippen molar-refractivity contribution in [1.82, 2.24) is 15.0 Å². The Morgan fingerprint density at radius 2 is 1.78 bits per heavy atom. The van der Waals surface area contributed by atoms with E-state index in [4.69, 9.17) is 16.0 Å². The molecule has 2 aromatic heterocycles. The van der Waals surface area contributed by atoms with E-state index in [1.54, 1.807) is 18.2 Å². The Morgan fingerprint density at radius 1 is 1.00 bits per heavy atom. The average molecular weight is 518 g/mol. The number of aromatic nitrogens is 3. The molecule has 0 atom stereocenters. The number of carbonyl (C=O) groups is 1. The van der Waals surface area contributed by atoms with Crippen LogP contribution in [0.2, 0.25) is 5.02 Å². The fourth-order valence-corrected chi connectivity index (χ4v) is 4.13. The van der Waals surface area contributed by atoms with Gasteiger partial charge in [0.25, 0.3) is 0 Å². The van der Waals surface area contributed by atoms with Crippen molar-refractivity contribution < 1.29 is 14.3 Å². The number of para-hydroxylation sites is 1. The topological polar surface area (TPSA) is 129 Å². The van der Waals surface area contributed by atoms with Crippen molar-refractivity contribution >= 4 is 47.3 Å². The van der Waals surface area contributed by atoms with E-state index in [-0.39, 0.29) is 10.6 Å². The molecule has 5 rings (SSSR count). The fourth-order valence-electron chi connectivity index (χ4n) is 3.93. The number of carboxylic acids is 1. The number of piperidine rings is 1. The molecule has 0 amide bonds. The Balaban J connectivity index is 1.33. The number of anilines is 4. The van der Waals surface area contributed by atoms with Crippen LogP contribution in [0.3, 0.4) is 0 Å². The quantitative estimate of drug-likeness (QED) is 0.200. The predicted molar refractivity (Wildman–Crippen MR) is 143 cm³/mol. The second kappa shape index (κ2) is 11.1. The van der Waals surface area contributed by atoms with Gasteiger partial charge in [-0.2, -0.15) is 20.1 Å². The summed E-state index contributed by atoms with van der Waals surface area (Å²) in [5.41, 5.74) is 4.33. The average Bonchev–Trinajstić information content (AvgIpc) is 3.39. The van der Waals surface area contributed by atoms with Crippen molar-refractivity contribution in [3.05, 3.63) is 77.0 Å². The first-order valence-electron chi connectivity index (χ1n) is 11.8. The summed E-state index contributed by atoms with van der Waals surface area (Å²) in [7, 11) is 0. The molecule has 37 heavy (non-hydrogen) atoms. The molecule has 3 N–H and O–H groups in total. The Morgan fingerprint density at radius 3 is 2.57 bits per heavy atom. The van der Waals surface area contributed by atoms with Crippen LogP contribution in [0, 0.1) is 0 Å². The summed E-state index contributed by atoms with van der Waals surface area (Å²) in [6.45, 7) is 1.78. The number of hydrogen-bond donors (Lipinski definition) is 3. The van der Waals surface area contributed by atoms with E-state index < -0.39 is 5.97 Å². The third-order valence-electron chi connectivity index (χ3n) is 5.76. The number of aromatic carboxylic acids is 1. The summed E-state index contributed by atoms with van der Waals surface area (Å²) in [6.07, 6.45) is 4.88. The Hall–Kier alpha value is -4.44. The number of nitrogens with zero attached hydrogens (tertiary/aromatic N) is 5. The zero-order valence-electron chi connectivity index (χ0n) is 19.8. The van der Waals surface area contributed by atoms with Crippen molar-refractivity contribution in [1.29, 1.82) is 0 Å². The van der Waals surface area contributed by atoms with Gasteiger partial charge in [0.1, 0.15) is 11.5 Å². The summed E-state index contributed by atoms with van der Waals surface area (Å²) >= 11 is 5.96. The molecule has 2 aromatic carbocycles. The summed E-state index contributed by atoms with van der Waals surface area (Å²) < 4.78 is 5.80. The fraction of sp³-hybridized carbons (Fsp3) is 0.192. The normalized spacial score (nSPS) is 13.6. The predicted octanol–water partition coefficient (Wildman–Crippen LogP) is 5.66. The molecule has 1 fully saturated rings. The van der Waals surface area contributed by atoms with Crippen LogP contribution in [0.5, 0.6) is 0 Å². The van der Waals surface area contributed by atoms with Crippen LogP contribution in [0.15, 0.2) is 70.2 Å². The van der Waals surface area contributed by atoms with Crippen LogP contribution in [0.1, 0.15) is 35.4 Å². The second-order valence-electron chi connectivity index (χ2n) is 8.39. The summed E-state index contributed by atoms with van der Waals surface area (Å²) in [5, 5.41) is 16.9. The molecule has 10 nitrogen and oxygen atoms in total. The van der Waals surface area contributed by atoms with Gasteiger partial charge in [-0.15, -0.1) is 0 Å². The van der Waals surface area contributed by atoms with Gasteiger partial charge in [0.2, 0.25) is 17.8 Å². The van der Waals surface area contributed by atoms with Gasteiger partial charge in [-0.05, 0) is 61.7 Å². The first-order chi connectivity index (χ1) is 18.0. The number of hydrazone groups is 1. The molecule has 3 heterocycles. The van der Waals surface area contributed by atoms with E-state index in [2.05, 4.69) is 35.7 Å². The molecule has 0 bridgehead atoms. The van der Waals surface area contributed by atoms with Crippen molar-refractivity contribution in [2.24, 2.45) is 5.10 Å². The highest BCUT2D eigenvalue weighted by Gasteiger charge is 2.17. The smallest absolute Gasteiger partial charge is 0.337 e. The van der Waals surface area contributed by atoms with Crippen LogP contribution in [0.25, 0.3) is 11.3 Å². The lowest BCUT2D eigenvalue weighted by Gasteiger charge is -2.26. The molecule has 4 aromatic rings. The molecule has 188 valence electrons. The van der Waals surface area contributed by atoms with Gasteiger partial charge in [0.05, 0.1) is 16.8 Å². The van der Waals surface area contributed by atoms with E-state index in [0.717, 1.165) is 31.6 Å². The van der Waals surface area contributed by atoms with Gasteiger partial charge in [-0.25, -0.2) is 10.2 Å². The molecule has 11 heteroatoms. The number of rotatable bonds is 8. The lowest BCUT2D eigenvalue weighted by atomic mass is 10.1. The highest BCUT2D eigenvalue weighted by molar-refractivity contribution is 6.33. The molecular weight excluding hydrogens is 494 g/mol. The highest BCUT2D eigenvalue weighted by Crippen LogP contribution is 2.27. The lowest BCUT2D eigenvalue weighted by molar-refractivity contribution is 0.0697. The Kier molecular flexibility index (Phi) is 7.27. The lowest BCUT2D eigenvalue weighted by Crippen LogP contribution is -2.31. The molecule has 0 spiro atoms. The largest absolute Gasteiger partial charge is 0.478 e. The van der Waals surface area contributed by atoms with Crippen LogP contribution < -0.4 is 15.6 Å². The van der Waals surface area contributed by atoms with Gasteiger partial charge >= 0.3 is 5.97 Å². The summed E-state index contributed by atoms with van der Waals surface area (Å²) in [4.78, 5) is 27.1. The third kappa shape index (κ3) is 6.04. The van der Waals surface area contributed by atoms with Crippen molar-refractivity contribution in [2.45, 2.75) is 19.3 Å². The number of furan rings is 1. The first-order valence-corrected chi connectivity index (χ1v) is 12.2. The molecular formula is C26H24ClN7O3. The van der Waals surface area contributed by atoms with Crippen LogP contribution in [-0.4, -0.2) is 45.3 Å². The maximum Gasteiger partial charge on any atom is 0.337 e. The van der Waals surface area contributed by atoms with E-state index >= 15 is 0 Å². The third-order valence-corrected chi connectivity index (χ3v) is 6.09. The number of hydrogen-bond acceptors (Lipinski definition) is 9. The van der Waals surface area contributed by atoms with E-state index in [1.165, 1.54) is 24.8 Å². The zero-order valence-corrected chi connectivity index (χ0v) is 20.5. The number of nitrogens with one attached hydrogen (secondary N) is 2. The minimum absolute atomic E-state index is 0.00622. The van der Waals surface area contributed by atoms with Gasteiger partial charge in [0, 0.05) is 24.3 Å². The van der Waals surface area contributed by atoms with Gasteiger partial charge in [-0.1, -0.05) is 29.8 Å². The minimum Gasteiger partial charge on any atom is -0.478 e. The monoisotopic (exact) mass is 517 g/mol. The first kappa shape index (κ1) is 24.3. The van der Waals surface area contributed by atoms with Gasteiger partial charge in [-0.3, -0.25) is 0 Å². The highest BCUT2D eigenvalue weighted by atomic mass is 35.5. The number of carboxylic acid groups (broad SMARTS) is 1. The number of halogens is 1. The molecule has 0 saturated carbocycles.